The number of carbonyl (C=O) groups is 1. The number of likely N-dealkylation sites (tertiary alicyclic amines) is 1. The van der Waals surface area contributed by atoms with Crippen LogP contribution in [0.25, 0.3) is 11.0 Å². The van der Waals surface area contributed by atoms with Gasteiger partial charge in [0, 0.05) is 31.4 Å². The maximum atomic E-state index is 13.0. The van der Waals surface area contributed by atoms with Gasteiger partial charge in [-0.1, -0.05) is 12.1 Å². The van der Waals surface area contributed by atoms with Crippen molar-refractivity contribution in [1.29, 1.82) is 0 Å². The number of aryl methyl sites for hydroxylation is 1. The molecule has 0 saturated carbocycles. The van der Waals surface area contributed by atoms with Crippen LogP contribution in [0.15, 0.2) is 42.6 Å². The Kier molecular flexibility index (Phi) is 3.87. The maximum Gasteiger partial charge on any atom is 0.254 e. The lowest BCUT2D eigenvalue weighted by atomic mass is 10.1. The third-order valence-electron chi connectivity index (χ3n) is 4.82. The third-order valence-corrected chi connectivity index (χ3v) is 4.82. The van der Waals surface area contributed by atoms with Gasteiger partial charge in [-0.05, 0) is 31.0 Å². The highest BCUT2D eigenvalue weighted by molar-refractivity contribution is 5.95. The summed E-state index contributed by atoms with van der Waals surface area (Å²) >= 11 is 0. The molecule has 1 saturated heterocycles. The Morgan fingerprint density at radius 2 is 2.12 bits per heavy atom. The van der Waals surface area contributed by atoms with E-state index in [9.17, 15) is 4.79 Å². The molecule has 0 aliphatic carbocycles. The fourth-order valence-electron chi connectivity index (χ4n) is 3.56. The van der Waals surface area contributed by atoms with Crippen molar-refractivity contribution in [2.75, 3.05) is 13.7 Å². The Labute approximate surface area is 146 Å². The average molecular weight is 336 g/mol. The Morgan fingerprint density at radius 1 is 1.28 bits per heavy atom. The molecule has 1 amide bonds. The van der Waals surface area contributed by atoms with Crippen molar-refractivity contribution in [3.05, 3.63) is 54.0 Å². The summed E-state index contributed by atoms with van der Waals surface area (Å²) in [5.74, 6) is 1.38. The minimum atomic E-state index is -0.0101. The number of rotatable bonds is 3. The first kappa shape index (κ1) is 15.6. The van der Waals surface area contributed by atoms with E-state index in [2.05, 4.69) is 15.6 Å². The van der Waals surface area contributed by atoms with Gasteiger partial charge >= 0.3 is 0 Å². The summed E-state index contributed by atoms with van der Waals surface area (Å²) < 4.78 is 7.24. The second kappa shape index (κ2) is 6.20. The van der Waals surface area contributed by atoms with Crippen LogP contribution in [0.3, 0.4) is 0 Å². The minimum Gasteiger partial charge on any atom is -0.481 e. The van der Waals surface area contributed by atoms with E-state index in [1.165, 1.54) is 0 Å². The predicted molar refractivity (Wildman–Crippen MR) is 94.5 cm³/mol. The summed E-state index contributed by atoms with van der Waals surface area (Å²) in [5.41, 5.74) is 2.64. The van der Waals surface area contributed by atoms with Gasteiger partial charge in [0.15, 0.2) is 0 Å². The highest BCUT2D eigenvalue weighted by Crippen LogP contribution is 2.34. The fraction of sp³-hybridized carbons (Fsp3) is 0.316. The smallest absolute Gasteiger partial charge is 0.254 e. The molecule has 1 atom stereocenters. The molecular weight excluding hydrogens is 316 g/mol. The second-order valence-corrected chi connectivity index (χ2v) is 6.26. The van der Waals surface area contributed by atoms with Crippen LogP contribution in [0.5, 0.6) is 5.88 Å². The third kappa shape index (κ3) is 2.63. The molecule has 0 radical (unpaired) electrons. The van der Waals surface area contributed by atoms with Crippen LogP contribution < -0.4 is 4.74 Å². The summed E-state index contributed by atoms with van der Waals surface area (Å²) in [6.45, 7) is 0.733. The van der Waals surface area contributed by atoms with Crippen LogP contribution in [0.1, 0.15) is 35.1 Å². The molecule has 1 fully saturated rings. The number of imidazole rings is 1. The number of pyridine rings is 1. The molecule has 6 nitrogen and oxygen atoms in total. The van der Waals surface area contributed by atoms with Crippen LogP contribution in [-0.2, 0) is 7.05 Å². The van der Waals surface area contributed by atoms with Gasteiger partial charge in [-0.2, -0.15) is 0 Å². The molecule has 0 bridgehead atoms. The van der Waals surface area contributed by atoms with E-state index in [0.29, 0.717) is 11.4 Å². The van der Waals surface area contributed by atoms with Gasteiger partial charge in [-0.25, -0.2) is 9.97 Å². The first-order valence-electron chi connectivity index (χ1n) is 8.41. The molecule has 1 aliphatic heterocycles. The molecule has 1 aromatic carbocycles. The first-order valence-corrected chi connectivity index (χ1v) is 8.41. The molecule has 4 rings (SSSR count). The van der Waals surface area contributed by atoms with Gasteiger partial charge in [0.1, 0.15) is 5.82 Å². The Morgan fingerprint density at radius 3 is 2.92 bits per heavy atom. The number of ether oxygens (including phenoxy) is 1. The number of hydrogen-bond donors (Lipinski definition) is 0. The second-order valence-electron chi connectivity index (χ2n) is 6.26. The van der Waals surface area contributed by atoms with E-state index < -0.39 is 0 Å². The van der Waals surface area contributed by atoms with Gasteiger partial charge < -0.3 is 14.2 Å². The van der Waals surface area contributed by atoms with E-state index >= 15 is 0 Å². The largest absolute Gasteiger partial charge is 0.481 e. The zero-order valence-electron chi connectivity index (χ0n) is 14.3. The van der Waals surface area contributed by atoms with E-state index in [-0.39, 0.29) is 11.9 Å². The standard InChI is InChI=1S/C19H20N4O2/c1-22-15-7-4-3-6-14(15)21-18(22)16-8-5-11-23(16)19(24)13-9-10-20-17(12-13)25-2/h3-4,6-7,9-10,12,16H,5,8,11H2,1-2H3. The summed E-state index contributed by atoms with van der Waals surface area (Å²) in [6, 6.07) is 11.5. The lowest BCUT2D eigenvalue weighted by Gasteiger charge is -2.24. The van der Waals surface area contributed by atoms with Gasteiger partial charge in [-0.15, -0.1) is 0 Å². The van der Waals surface area contributed by atoms with Crippen molar-refractivity contribution in [2.24, 2.45) is 7.05 Å². The highest BCUT2D eigenvalue weighted by atomic mass is 16.5. The Bertz CT molecular complexity index is 934. The zero-order valence-corrected chi connectivity index (χ0v) is 14.3. The predicted octanol–water partition coefficient (Wildman–Crippen LogP) is 2.95. The maximum absolute atomic E-state index is 13.0. The zero-order chi connectivity index (χ0) is 17.4. The van der Waals surface area contributed by atoms with Crippen LogP contribution in [0.2, 0.25) is 0 Å². The Balaban J connectivity index is 1.69. The van der Waals surface area contributed by atoms with E-state index in [1.54, 1.807) is 25.4 Å². The number of nitrogens with zero attached hydrogens (tertiary/aromatic N) is 4. The molecule has 3 aromatic rings. The van der Waals surface area contributed by atoms with Crippen molar-refractivity contribution in [2.45, 2.75) is 18.9 Å². The average Bonchev–Trinajstić information content (AvgIpc) is 3.26. The lowest BCUT2D eigenvalue weighted by Crippen LogP contribution is -2.31. The van der Waals surface area contributed by atoms with Crippen molar-refractivity contribution < 1.29 is 9.53 Å². The summed E-state index contributed by atoms with van der Waals surface area (Å²) in [5, 5.41) is 0. The molecule has 25 heavy (non-hydrogen) atoms. The first-order chi connectivity index (χ1) is 12.2. The number of amides is 1. The van der Waals surface area contributed by atoms with Crippen molar-refractivity contribution in [1.82, 2.24) is 19.4 Å². The molecular formula is C19H20N4O2. The van der Waals surface area contributed by atoms with Crippen LogP contribution >= 0.6 is 0 Å². The molecule has 2 aromatic heterocycles. The molecule has 6 heteroatoms. The molecule has 1 aliphatic rings. The number of fused-ring (bicyclic) bond motifs is 1. The SMILES string of the molecule is COc1cc(C(=O)N2CCCC2c2nc3ccccc3n2C)ccn1. The van der Waals surface area contributed by atoms with Gasteiger partial charge in [0.05, 0.1) is 24.2 Å². The molecule has 0 N–H and O–H groups in total. The van der Waals surface area contributed by atoms with Gasteiger partial charge in [0.25, 0.3) is 5.91 Å². The molecule has 128 valence electrons. The molecule has 0 spiro atoms. The van der Waals surface area contributed by atoms with Gasteiger partial charge in [-0.3, -0.25) is 4.79 Å². The summed E-state index contributed by atoms with van der Waals surface area (Å²) in [6.07, 6.45) is 3.50. The number of para-hydroxylation sites is 2. The van der Waals surface area contributed by atoms with E-state index in [0.717, 1.165) is 36.2 Å². The number of hydrogen-bond acceptors (Lipinski definition) is 4. The summed E-state index contributed by atoms with van der Waals surface area (Å²) in [4.78, 5) is 23.8. The molecule has 3 heterocycles. The number of carbonyl (C=O) groups excluding carboxylic acids is 1. The van der Waals surface area contributed by atoms with E-state index in [4.69, 9.17) is 9.72 Å². The van der Waals surface area contributed by atoms with Crippen molar-refractivity contribution in [3.63, 3.8) is 0 Å². The minimum absolute atomic E-state index is 0.00439. The normalized spacial score (nSPS) is 17.2. The number of benzene rings is 1. The molecule has 1 unspecified atom stereocenters. The van der Waals surface area contributed by atoms with Crippen LogP contribution in [0, 0.1) is 0 Å². The Hall–Kier alpha value is -2.89. The van der Waals surface area contributed by atoms with Crippen molar-refractivity contribution >= 4 is 16.9 Å². The monoisotopic (exact) mass is 336 g/mol. The fourth-order valence-corrected chi connectivity index (χ4v) is 3.56. The number of aromatic nitrogens is 3. The summed E-state index contributed by atoms with van der Waals surface area (Å²) in [7, 11) is 3.57. The number of methoxy groups -OCH3 is 1. The highest BCUT2D eigenvalue weighted by Gasteiger charge is 2.33. The van der Waals surface area contributed by atoms with Crippen LogP contribution in [-0.4, -0.2) is 39.0 Å². The van der Waals surface area contributed by atoms with E-state index in [1.807, 2.05) is 30.1 Å². The van der Waals surface area contributed by atoms with Gasteiger partial charge in [0.2, 0.25) is 5.88 Å². The quantitative estimate of drug-likeness (QED) is 0.738. The van der Waals surface area contributed by atoms with Crippen molar-refractivity contribution in [3.8, 4) is 5.88 Å². The lowest BCUT2D eigenvalue weighted by molar-refractivity contribution is 0.0728. The van der Waals surface area contributed by atoms with Crippen LogP contribution in [0.4, 0.5) is 0 Å². The topological polar surface area (TPSA) is 60.2 Å².